The van der Waals surface area contributed by atoms with E-state index in [2.05, 4.69) is 33.5 Å². The monoisotopic (exact) mass is 341 g/mol. The highest BCUT2D eigenvalue weighted by atomic mass is 16.1. The molecular formula is C22H19N3O. The molecule has 1 atom stereocenters. The van der Waals surface area contributed by atoms with Gasteiger partial charge in [0.25, 0.3) is 5.91 Å². The molecule has 4 nitrogen and oxygen atoms in total. The number of aromatic amines is 1. The van der Waals surface area contributed by atoms with Gasteiger partial charge in [0, 0.05) is 5.56 Å². The maximum absolute atomic E-state index is 12.9. The van der Waals surface area contributed by atoms with Crippen LogP contribution in [-0.2, 0) is 12.8 Å². The van der Waals surface area contributed by atoms with Crippen LogP contribution in [0.1, 0.15) is 40.3 Å². The quantitative estimate of drug-likeness (QED) is 0.583. The Morgan fingerprint density at radius 2 is 1.85 bits per heavy atom. The van der Waals surface area contributed by atoms with Crippen LogP contribution >= 0.6 is 0 Å². The number of benzene rings is 3. The number of hydrogen-bond acceptors (Lipinski definition) is 2. The van der Waals surface area contributed by atoms with Crippen LogP contribution in [0.2, 0.25) is 0 Å². The highest BCUT2D eigenvalue weighted by molar-refractivity contribution is 6.09. The first-order valence-corrected chi connectivity index (χ1v) is 9.00. The summed E-state index contributed by atoms with van der Waals surface area (Å²) in [7, 11) is 0. The molecule has 1 aliphatic rings. The van der Waals surface area contributed by atoms with E-state index in [1.54, 1.807) is 0 Å². The Morgan fingerprint density at radius 1 is 1.04 bits per heavy atom. The number of carbonyl (C=O) groups is 1. The van der Waals surface area contributed by atoms with E-state index in [1.165, 1.54) is 16.5 Å². The molecule has 3 aromatic carbocycles. The van der Waals surface area contributed by atoms with Crippen molar-refractivity contribution in [3.8, 4) is 0 Å². The van der Waals surface area contributed by atoms with Gasteiger partial charge in [-0.05, 0) is 59.9 Å². The van der Waals surface area contributed by atoms with Gasteiger partial charge in [-0.1, -0.05) is 36.4 Å². The molecule has 1 heterocycles. The molecule has 0 spiro atoms. The number of nitrogens with one attached hydrogen (secondary N) is 2. The van der Waals surface area contributed by atoms with Crippen molar-refractivity contribution in [1.82, 2.24) is 15.3 Å². The Labute approximate surface area is 151 Å². The number of rotatable bonds is 3. The van der Waals surface area contributed by atoms with Gasteiger partial charge in [-0.2, -0.15) is 0 Å². The molecule has 1 aromatic heterocycles. The molecule has 0 aliphatic heterocycles. The first-order valence-electron chi connectivity index (χ1n) is 9.00. The maximum atomic E-state index is 12.9. The van der Waals surface area contributed by atoms with Crippen molar-refractivity contribution in [3.63, 3.8) is 0 Å². The molecule has 0 fully saturated rings. The van der Waals surface area contributed by atoms with Crippen molar-refractivity contribution < 1.29 is 4.79 Å². The Hall–Kier alpha value is -3.14. The molecule has 5 rings (SSSR count). The van der Waals surface area contributed by atoms with Crippen LogP contribution in [0, 0.1) is 0 Å². The molecule has 4 aromatic rings. The number of aryl methyl sites for hydroxylation is 2. The van der Waals surface area contributed by atoms with Crippen LogP contribution in [-0.4, -0.2) is 15.9 Å². The third-order valence-electron chi connectivity index (χ3n) is 5.29. The van der Waals surface area contributed by atoms with Crippen molar-refractivity contribution in [2.24, 2.45) is 0 Å². The summed E-state index contributed by atoms with van der Waals surface area (Å²) in [5.41, 5.74) is 5.31. The lowest BCUT2D eigenvalue weighted by Crippen LogP contribution is -2.27. The molecular weight excluding hydrogens is 322 g/mol. The zero-order valence-electron chi connectivity index (χ0n) is 14.5. The summed E-state index contributed by atoms with van der Waals surface area (Å²) >= 11 is 0. The smallest absolute Gasteiger partial charge is 0.252 e. The average molecular weight is 341 g/mol. The second-order valence-electron chi connectivity index (χ2n) is 6.95. The summed E-state index contributed by atoms with van der Waals surface area (Å²) in [6.07, 6.45) is 2.13. The van der Waals surface area contributed by atoms with Crippen LogP contribution in [0.15, 0.2) is 54.6 Å². The normalized spacial score (nSPS) is 14.0. The van der Waals surface area contributed by atoms with Gasteiger partial charge in [-0.3, -0.25) is 4.79 Å². The van der Waals surface area contributed by atoms with Crippen molar-refractivity contribution in [2.75, 3.05) is 0 Å². The Balaban J connectivity index is 1.48. The Bertz CT molecular complexity index is 1120. The second kappa shape index (κ2) is 5.70. The minimum absolute atomic E-state index is 0.0615. The van der Waals surface area contributed by atoms with Crippen LogP contribution < -0.4 is 5.32 Å². The molecule has 0 bridgehead atoms. The topological polar surface area (TPSA) is 57.8 Å². The van der Waals surface area contributed by atoms with Gasteiger partial charge in [0.05, 0.1) is 17.1 Å². The maximum Gasteiger partial charge on any atom is 0.252 e. The molecule has 4 heteroatoms. The number of hydrogen-bond donors (Lipinski definition) is 2. The van der Waals surface area contributed by atoms with E-state index in [4.69, 9.17) is 0 Å². The molecule has 0 saturated carbocycles. The highest BCUT2D eigenvalue weighted by Crippen LogP contribution is 2.33. The van der Waals surface area contributed by atoms with Gasteiger partial charge in [-0.25, -0.2) is 4.98 Å². The van der Waals surface area contributed by atoms with Crippen LogP contribution in [0.5, 0.6) is 0 Å². The van der Waals surface area contributed by atoms with Crippen LogP contribution in [0.4, 0.5) is 0 Å². The number of imidazole rings is 1. The van der Waals surface area contributed by atoms with Crippen molar-refractivity contribution in [1.29, 1.82) is 0 Å². The first-order chi connectivity index (χ1) is 12.7. The predicted molar refractivity (Wildman–Crippen MR) is 103 cm³/mol. The van der Waals surface area contributed by atoms with Gasteiger partial charge >= 0.3 is 0 Å². The molecule has 2 N–H and O–H groups in total. The SMILES string of the molecule is C[C@@H](NC(=O)c1ccc2c3c(cccc13)CC2)c1nc2ccccc2[nH]1. The summed E-state index contributed by atoms with van der Waals surface area (Å²) in [6, 6.07) is 18.0. The Kier molecular flexibility index (Phi) is 3.32. The average Bonchev–Trinajstić information content (AvgIpc) is 3.27. The fraction of sp³-hybridized carbons (Fsp3) is 0.182. The number of carbonyl (C=O) groups excluding carboxylic acids is 1. The lowest BCUT2D eigenvalue weighted by atomic mass is 9.99. The van der Waals surface area contributed by atoms with Crippen LogP contribution in [0.25, 0.3) is 21.8 Å². The third-order valence-corrected chi connectivity index (χ3v) is 5.29. The fourth-order valence-electron chi connectivity index (χ4n) is 3.97. The van der Waals surface area contributed by atoms with E-state index in [0.717, 1.165) is 40.6 Å². The summed E-state index contributed by atoms with van der Waals surface area (Å²) in [5, 5.41) is 5.40. The largest absolute Gasteiger partial charge is 0.342 e. The molecule has 0 radical (unpaired) electrons. The summed E-state index contributed by atoms with van der Waals surface area (Å²) in [4.78, 5) is 20.8. The summed E-state index contributed by atoms with van der Waals surface area (Å²) in [6.45, 7) is 1.95. The molecule has 0 unspecified atom stereocenters. The summed E-state index contributed by atoms with van der Waals surface area (Å²) < 4.78 is 0. The number of H-pyrrole nitrogens is 1. The van der Waals surface area contributed by atoms with Crippen molar-refractivity contribution in [2.45, 2.75) is 25.8 Å². The molecule has 1 aliphatic carbocycles. The molecule has 0 saturated heterocycles. The van der Waals surface area contributed by atoms with E-state index in [-0.39, 0.29) is 11.9 Å². The molecule has 26 heavy (non-hydrogen) atoms. The van der Waals surface area contributed by atoms with E-state index in [1.807, 2.05) is 43.3 Å². The third kappa shape index (κ3) is 2.30. The predicted octanol–water partition coefficient (Wildman–Crippen LogP) is 4.31. The number of para-hydroxylation sites is 2. The lowest BCUT2D eigenvalue weighted by Gasteiger charge is -2.13. The van der Waals surface area contributed by atoms with Gasteiger partial charge < -0.3 is 10.3 Å². The highest BCUT2D eigenvalue weighted by Gasteiger charge is 2.20. The van der Waals surface area contributed by atoms with E-state index in [9.17, 15) is 4.79 Å². The number of fused-ring (bicyclic) bond motifs is 1. The number of aromatic nitrogens is 2. The van der Waals surface area contributed by atoms with E-state index < -0.39 is 0 Å². The minimum Gasteiger partial charge on any atom is -0.342 e. The van der Waals surface area contributed by atoms with Gasteiger partial charge in [0.1, 0.15) is 5.82 Å². The van der Waals surface area contributed by atoms with E-state index >= 15 is 0 Å². The first kappa shape index (κ1) is 15.1. The Morgan fingerprint density at radius 3 is 2.69 bits per heavy atom. The zero-order chi connectivity index (χ0) is 17.7. The standard InChI is InChI=1S/C22H19N3O/c1-13(21-24-18-7-2-3-8-19(18)25-21)23-22(26)17-12-11-15-10-9-14-5-4-6-16(17)20(14)15/h2-8,11-13H,9-10H2,1H3,(H,23,26)(H,24,25)/t13-/m1/s1. The van der Waals surface area contributed by atoms with Gasteiger partial charge in [-0.15, -0.1) is 0 Å². The lowest BCUT2D eigenvalue weighted by molar-refractivity contribution is 0.0940. The summed E-state index contributed by atoms with van der Waals surface area (Å²) in [5.74, 6) is 0.707. The minimum atomic E-state index is -0.196. The number of nitrogens with zero attached hydrogens (tertiary/aromatic N) is 1. The molecule has 128 valence electrons. The van der Waals surface area contributed by atoms with Crippen LogP contribution in [0.3, 0.4) is 0 Å². The number of amides is 1. The van der Waals surface area contributed by atoms with Gasteiger partial charge in [0.2, 0.25) is 0 Å². The second-order valence-corrected chi connectivity index (χ2v) is 6.95. The molecule has 1 amide bonds. The van der Waals surface area contributed by atoms with Gasteiger partial charge in [0.15, 0.2) is 0 Å². The zero-order valence-corrected chi connectivity index (χ0v) is 14.5. The fourth-order valence-corrected chi connectivity index (χ4v) is 3.97. The van der Waals surface area contributed by atoms with Crippen molar-refractivity contribution in [3.05, 3.63) is 77.1 Å². The van der Waals surface area contributed by atoms with E-state index in [0.29, 0.717) is 0 Å². The van der Waals surface area contributed by atoms with Crippen molar-refractivity contribution >= 4 is 27.7 Å².